The summed E-state index contributed by atoms with van der Waals surface area (Å²) in [5.74, 6) is -1.31. The molecule has 1 amide bonds. The third-order valence-electron chi connectivity index (χ3n) is 4.19. The van der Waals surface area contributed by atoms with Crippen LogP contribution >= 0.6 is 23.2 Å². The first-order chi connectivity index (χ1) is 13.8. The maximum atomic E-state index is 12.5. The SMILES string of the molecule is O=C(COC(=O)c1ccc(S(=O)(=O)N2CCCC2)cc1)Nc1ncc(Cl)cc1Cl. The lowest BCUT2D eigenvalue weighted by Crippen LogP contribution is -2.27. The Labute approximate surface area is 177 Å². The van der Waals surface area contributed by atoms with Crippen molar-refractivity contribution in [1.82, 2.24) is 9.29 Å². The summed E-state index contributed by atoms with van der Waals surface area (Å²) in [6.07, 6.45) is 2.98. The van der Waals surface area contributed by atoms with Crippen LogP contribution in [0.4, 0.5) is 5.82 Å². The van der Waals surface area contributed by atoms with E-state index in [9.17, 15) is 18.0 Å². The largest absolute Gasteiger partial charge is 0.452 e. The van der Waals surface area contributed by atoms with Gasteiger partial charge in [-0.15, -0.1) is 0 Å². The van der Waals surface area contributed by atoms with Crippen molar-refractivity contribution in [3.8, 4) is 0 Å². The van der Waals surface area contributed by atoms with E-state index in [4.69, 9.17) is 27.9 Å². The van der Waals surface area contributed by atoms with Gasteiger partial charge in [0.1, 0.15) is 0 Å². The van der Waals surface area contributed by atoms with Gasteiger partial charge in [-0.1, -0.05) is 23.2 Å². The quantitative estimate of drug-likeness (QED) is 0.668. The van der Waals surface area contributed by atoms with E-state index in [0.717, 1.165) is 12.8 Å². The molecular weight excluding hydrogens is 441 g/mol. The van der Waals surface area contributed by atoms with Gasteiger partial charge in [0.25, 0.3) is 5.91 Å². The number of hydrogen-bond acceptors (Lipinski definition) is 6. The van der Waals surface area contributed by atoms with Crippen LogP contribution in [0.25, 0.3) is 0 Å². The van der Waals surface area contributed by atoms with Gasteiger partial charge in [-0.3, -0.25) is 4.79 Å². The topological polar surface area (TPSA) is 106 Å². The predicted octanol–water partition coefficient (Wildman–Crippen LogP) is 2.97. The normalized spacial score (nSPS) is 14.6. The molecule has 0 unspecified atom stereocenters. The van der Waals surface area contributed by atoms with Crippen LogP contribution in [0.15, 0.2) is 41.4 Å². The molecule has 0 aliphatic carbocycles. The minimum Gasteiger partial charge on any atom is -0.452 e. The highest BCUT2D eigenvalue weighted by molar-refractivity contribution is 7.89. The number of anilines is 1. The van der Waals surface area contributed by atoms with Gasteiger partial charge in [-0.25, -0.2) is 18.2 Å². The number of sulfonamides is 1. The lowest BCUT2D eigenvalue weighted by Gasteiger charge is -2.15. The molecule has 1 saturated heterocycles. The number of amides is 1. The number of carbonyl (C=O) groups excluding carboxylic acids is 2. The average molecular weight is 458 g/mol. The third kappa shape index (κ3) is 5.24. The first-order valence-electron chi connectivity index (χ1n) is 8.65. The highest BCUT2D eigenvalue weighted by Gasteiger charge is 2.27. The number of esters is 1. The number of pyridine rings is 1. The standard InChI is InChI=1S/C18H17Cl2N3O5S/c19-13-9-15(20)17(21-10-13)22-16(24)11-28-18(25)12-3-5-14(6-4-12)29(26,27)23-7-1-2-8-23/h3-6,9-10H,1-2,7-8,11H2,(H,21,22,24). The van der Waals surface area contributed by atoms with Crippen molar-refractivity contribution in [2.45, 2.75) is 17.7 Å². The molecule has 0 atom stereocenters. The Balaban J connectivity index is 1.57. The van der Waals surface area contributed by atoms with E-state index < -0.39 is 28.5 Å². The lowest BCUT2D eigenvalue weighted by atomic mass is 10.2. The molecular formula is C18H17Cl2N3O5S. The molecule has 1 aromatic carbocycles. The molecule has 154 valence electrons. The minimum atomic E-state index is -3.56. The second kappa shape index (κ2) is 9.08. The van der Waals surface area contributed by atoms with Crippen molar-refractivity contribution >= 4 is 50.9 Å². The van der Waals surface area contributed by atoms with Gasteiger partial charge in [-0.2, -0.15) is 4.31 Å². The number of ether oxygens (including phenoxy) is 1. The first-order valence-corrected chi connectivity index (χ1v) is 10.9. The van der Waals surface area contributed by atoms with Crippen LogP contribution in [0.3, 0.4) is 0 Å². The molecule has 1 aromatic heterocycles. The fourth-order valence-corrected chi connectivity index (χ4v) is 4.67. The number of nitrogens with zero attached hydrogens (tertiary/aromatic N) is 2. The van der Waals surface area contributed by atoms with E-state index in [1.54, 1.807) is 0 Å². The molecule has 1 fully saturated rings. The van der Waals surface area contributed by atoms with E-state index in [0.29, 0.717) is 18.1 Å². The highest BCUT2D eigenvalue weighted by atomic mass is 35.5. The molecule has 8 nitrogen and oxygen atoms in total. The molecule has 0 bridgehead atoms. The van der Waals surface area contributed by atoms with Gasteiger partial charge in [0.2, 0.25) is 10.0 Å². The van der Waals surface area contributed by atoms with Crippen LogP contribution in [-0.2, 0) is 19.6 Å². The molecule has 1 N–H and O–H groups in total. The summed E-state index contributed by atoms with van der Waals surface area (Å²) in [4.78, 5) is 28.0. The van der Waals surface area contributed by atoms with Gasteiger partial charge in [0, 0.05) is 19.3 Å². The summed E-state index contributed by atoms with van der Waals surface area (Å²) >= 11 is 11.6. The number of aromatic nitrogens is 1. The van der Waals surface area contributed by atoms with Crippen molar-refractivity contribution in [2.75, 3.05) is 25.0 Å². The number of nitrogens with one attached hydrogen (secondary N) is 1. The van der Waals surface area contributed by atoms with Crippen molar-refractivity contribution < 1.29 is 22.7 Å². The van der Waals surface area contributed by atoms with Gasteiger partial charge < -0.3 is 10.1 Å². The smallest absolute Gasteiger partial charge is 0.338 e. The fourth-order valence-electron chi connectivity index (χ4n) is 2.73. The lowest BCUT2D eigenvalue weighted by molar-refractivity contribution is -0.119. The van der Waals surface area contributed by atoms with Crippen LogP contribution < -0.4 is 5.32 Å². The molecule has 0 radical (unpaired) electrons. The number of benzene rings is 1. The number of halogens is 2. The molecule has 29 heavy (non-hydrogen) atoms. The zero-order chi connectivity index (χ0) is 21.0. The molecule has 2 heterocycles. The summed E-state index contributed by atoms with van der Waals surface area (Å²) in [5, 5.41) is 2.86. The monoisotopic (exact) mass is 457 g/mol. The maximum Gasteiger partial charge on any atom is 0.338 e. The summed E-state index contributed by atoms with van der Waals surface area (Å²) in [5.41, 5.74) is 0.126. The van der Waals surface area contributed by atoms with Crippen LogP contribution in [0.2, 0.25) is 10.0 Å². The molecule has 0 saturated carbocycles. The summed E-state index contributed by atoms with van der Waals surface area (Å²) in [7, 11) is -3.56. The number of hydrogen-bond donors (Lipinski definition) is 1. The zero-order valence-electron chi connectivity index (χ0n) is 15.1. The van der Waals surface area contributed by atoms with Gasteiger partial charge in [0.05, 0.1) is 20.5 Å². The molecule has 1 aliphatic heterocycles. The number of carbonyl (C=O) groups is 2. The molecule has 1 aliphatic rings. The highest BCUT2D eigenvalue weighted by Crippen LogP contribution is 2.23. The second-order valence-electron chi connectivity index (χ2n) is 6.24. The molecule has 3 rings (SSSR count). The second-order valence-corrected chi connectivity index (χ2v) is 9.03. The van der Waals surface area contributed by atoms with Crippen LogP contribution in [0.1, 0.15) is 23.2 Å². The van der Waals surface area contributed by atoms with Gasteiger partial charge in [0.15, 0.2) is 12.4 Å². The number of rotatable bonds is 6. The van der Waals surface area contributed by atoms with E-state index in [2.05, 4.69) is 10.3 Å². The third-order valence-corrected chi connectivity index (χ3v) is 6.60. The Morgan fingerprint density at radius 2 is 1.79 bits per heavy atom. The summed E-state index contributed by atoms with van der Waals surface area (Å²) in [6.45, 7) is 0.425. The van der Waals surface area contributed by atoms with E-state index in [-0.39, 0.29) is 21.3 Å². The molecule has 0 spiro atoms. The van der Waals surface area contributed by atoms with Gasteiger partial charge >= 0.3 is 5.97 Å². The maximum absolute atomic E-state index is 12.5. The van der Waals surface area contributed by atoms with E-state index >= 15 is 0 Å². The Hall–Kier alpha value is -2.20. The summed E-state index contributed by atoms with van der Waals surface area (Å²) < 4.78 is 31.3. The molecule has 11 heteroatoms. The van der Waals surface area contributed by atoms with Crippen molar-refractivity contribution in [3.05, 3.63) is 52.1 Å². The van der Waals surface area contributed by atoms with Crippen LogP contribution in [-0.4, -0.2) is 49.3 Å². The molecule has 2 aromatic rings. The fraction of sp³-hybridized carbons (Fsp3) is 0.278. The van der Waals surface area contributed by atoms with E-state index in [1.165, 1.54) is 40.8 Å². The van der Waals surface area contributed by atoms with Crippen molar-refractivity contribution in [1.29, 1.82) is 0 Å². The Kier molecular flexibility index (Phi) is 6.74. The predicted molar refractivity (Wildman–Crippen MR) is 108 cm³/mol. The Morgan fingerprint density at radius 1 is 1.14 bits per heavy atom. The van der Waals surface area contributed by atoms with Crippen LogP contribution in [0, 0.1) is 0 Å². The van der Waals surface area contributed by atoms with Crippen molar-refractivity contribution in [3.63, 3.8) is 0 Å². The van der Waals surface area contributed by atoms with E-state index in [1.807, 2.05) is 0 Å². The summed E-state index contributed by atoms with van der Waals surface area (Å²) in [6, 6.07) is 6.81. The zero-order valence-corrected chi connectivity index (χ0v) is 17.4. The Morgan fingerprint density at radius 3 is 2.41 bits per heavy atom. The van der Waals surface area contributed by atoms with Crippen molar-refractivity contribution in [2.24, 2.45) is 0 Å². The first kappa shape index (κ1) is 21.5. The Bertz CT molecular complexity index is 1020. The minimum absolute atomic E-state index is 0.0913. The van der Waals surface area contributed by atoms with Gasteiger partial charge in [-0.05, 0) is 43.2 Å². The average Bonchev–Trinajstić information content (AvgIpc) is 3.24. The van der Waals surface area contributed by atoms with Crippen LogP contribution in [0.5, 0.6) is 0 Å².